The van der Waals surface area contributed by atoms with Gasteiger partial charge in [0.2, 0.25) is 0 Å². The molecule has 0 saturated heterocycles. The number of rotatable bonds is 3. The van der Waals surface area contributed by atoms with E-state index in [9.17, 15) is 0 Å². The number of nitrogens with one attached hydrogen (secondary N) is 3. The molecule has 0 unspecified atom stereocenters. The van der Waals surface area contributed by atoms with E-state index < -0.39 is 0 Å². The zero-order chi connectivity index (χ0) is 5.70. The molecule has 0 radical (unpaired) electrons. The van der Waals surface area contributed by atoms with Gasteiger partial charge in [0.1, 0.15) is 0 Å². The summed E-state index contributed by atoms with van der Waals surface area (Å²) in [6.45, 7) is 0. The van der Waals surface area contributed by atoms with Crippen molar-refractivity contribution < 1.29 is 0 Å². The second-order valence-corrected chi connectivity index (χ2v) is 1.28. The Morgan fingerprint density at radius 3 is 2.14 bits per heavy atom. The molecule has 0 aliphatic rings. The van der Waals surface area contributed by atoms with Gasteiger partial charge in [0, 0.05) is 14.1 Å². The van der Waals surface area contributed by atoms with Crippen LogP contribution in [0.1, 0.15) is 0 Å². The first-order chi connectivity index (χ1) is 3.27. The minimum Gasteiger partial charge on any atom is -0.257 e. The molecule has 0 spiro atoms. The van der Waals surface area contributed by atoms with Crippen LogP contribution in [0, 0.1) is 0 Å². The highest BCUT2D eigenvalue weighted by molar-refractivity contribution is 4.14. The van der Waals surface area contributed by atoms with Gasteiger partial charge in [-0.05, 0) is 0 Å². The fourth-order valence-corrected chi connectivity index (χ4v) is 0.144. The summed E-state index contributed by atoms with van der Waals surface area (Å²) in [5, 5.41) is 1.71. The third-order valence-corrected chi connectivity index (χ3v) is 0.352. The smallest absolute Gasteiger partial charge is 0.00267 e. The van der Waals surface area contributed by atoms with Crippen LogP contribution in [0.3, 0.4) is 0 Å². The van der Waals surface area contributed by atoms with Gasteiger partial charge in [0.15, 0.2) is 0 Å². The number of hydrogen-bond donors (Lipinski definition) is 4. The van der Waals surface area contributed by atoms with Gasteiger partial charge in [-0.3, -0.25) is 5.84 Å². The van der Waals surface area contributed by atoms with Crippen molar-refractivity contribution in [2.75, 3.05) is 14.1 Å². The van der Waals surface area contributed by atoms with Crippen LogP contribution < -0.4 is 22.4 Å². The molecule has 5 heteroatoms. The van der Waals surface area contributed by atoms with E-state index in [-0.39, 0.29) is 0 Å². The maximum atomic E-state index is 4.83. The summed E-state index contributed by atoms with van der Waals surface area (Å²) in [5.41, 5.74) is 7.29. The van der Waals surface area contributed by atoms with Crippen molar-refractivity contribution in [1.29, 1.82) is 0 Å². The second kappa shape index (κ2) is 3.97. The highest BCUT2D eigenvalue weighted by atomic mass is 15.8. The largest absolute Gasteiger partial charge is 0.257 e. The summed E-state index contributed by atoms with van der Waals surface area (Å²) >= 11 is 0. The monoisotopic (exact) mass is 105 g/mol. The SMILES string of the molecule is CN(C)NNNN. The molecular weight excluding hydrogens is 94.1 g/mol. The number of hydrazine groups is 4. The zero-order valence-electron chi connectivity index (χ0n) is 4.52. The van der Waals surface area contributed by atoms with Crippen molar-refractivity contribution in [3.05, 3.63) is 0 Å². The molecule has 44 valence electrons. The van der Waals surface area contributed by atoms with Gasteiger partial charge < -0.3 is 0 Å². The predicted octanol–water partition coefficient (Wildman–Crippen LogP) is -2.06. The molecule has 0 saturated carbocycles. The maximum Gasteiger partial charge on any atom is 0.00267 e. The van der Waals surface area contributed by atoms with Crippen molar-refractivity contribution in [3.8, 4) is 0 Å². The van der Waals surface area contributed by atoms with Crippen LogP contribution in [0.4, 0.5) is 0 Å². The van der Waals surface area contributed by atoms with Gasteiger partial charge in [-0.25, -0.2) is 5.01 Å². The highest BCUT2D eigenvalue weighted by Crippen LogP contribution is 1.49. The molecule has 0 amide bonds. The molecule has 0 fully saturated rings. The number of nitrogens with two attached hydrogens (primary N) is 1. The van der Waals surface area contributed by atoms with Gasteiger partial charge in [-0.1, -0.05) is 0 Å². The molecule has 5 N–H and O–H groups in total. The molecule has 0 heterocycles. The lowest BCUT2D eigenvalue weighted by molar-refractivity contribution is 0.210. The van der Waals surface area contributed by atoms with Crippen molar-refractivity contribution in [2.45, 2.75) is 0 Å². The summed E-state index contributed by atoms with van der Waals surface area (Å²) in [6, 6.07) is 0. The molecule has 0 aliphatic carbocycles. The van der Waals surface area contributed by atoms with Gasteiger partial charge in [0.25, 0.3) is 0 Å². The van der Waals surface area contributed by atoms with E-state index in [1.165, 1.54) is 0 Å². The fourth-order valence-electron chi connectivity index (χ4n) is 0.144. The van der Waals surface area contributed by atoms with Crippen molar-refractivity contribution in [1.82, 2.24) is 21.6 Å². The van der Waals surface area contributed by atoms with Crippen molar-refractivity contribution in [2.24, 2.45) is 5.84 Å². The lowest BCUT2D eigenvalue weighted by Crippen LogP contribution is -2.52. The lowest BCUT2D eigenvalue weighted by Gasteiger charge is -2.10. The molecule has 0 aliphatic heterocycles. The van der Waals surface area contributed by atoms with Crippen LogP contribution in [0.2, 0.25) is 0 Å². The minimum absolute atomic E-state index is 1.71. The molecule has 0 rings (SSSR count). The van der Waals surface area contributed by atoms with E-state index in [1.807, 2.05) is 14.1 Å². The van der Waals surface area contributed by atoms with Crippen LogP contribution in [-0.2, 0) is 0 Å². The van der Waals surface area contributed by atoms with Crippen LogP contribution in [0.15, 0.2) is 0 Å². The Morgan fingerprint density at radius 2 is 2.00 bits per heavy atom. The average molecular weight is 105 g/mol. The van der Waals surface area contributed by atoms with E-state index in [0.29, 0.717) is 0 Å². The molecule has 0 atom stereocenters. The summed E-state index contributed by atoms with van der Waals surface area (Å²) in [4.78, 5) is 0. The van der Waals surface area contributed by atoms with Crippen LogP contribution in [0.25, 0.3) is 0 Å². The van der Waals surface area contributed by atoms with Gasteiger partial charge in [0.05, 0.1) is 0 Å². The summed E-state index contributed by atoms with van der Waals surface area (Å²) in [7, 11) is 3.68. The predicted molar refractivity (Wildman–Crippen MR) is 27.3 cm³/mol. The summed E-state index contributed by atoms with van der Waals surface area (Å²) < 4.78 is 0. The minimum atomic E-state index is 1.71. The average Bonchev–Trinajstić information content (AvgIpc) is 1.61. The Balaban J connectivity index is 2.68. The third-order valence-electron chi connectivity index (χ3n) is 0.352. The Bertz CT molecular complexity index is 35.1. The number of hydrogen-bond acceptors (Lipinski definition) is 5. The molecule has 7 heavy (non-hydrogen) atoms. The first-order valence-corrected chi connectivity index (χ1v) is 1.91. The summed E-state index contributed by atoms with van der Waals surface area (Å²) in [5.74, 6) is 4.83. The molecule has 0 aromatic carbocycles. The van der Waals surface area contributed by atoms with E-state index >= 15 is 0 Å². The van der Waals surface area contributed by atoms with Gasteiger partial charge in [-0.2, -0.15) is 16.6 Å². The fraction of sp³-hybridized carbons (Fsp3) is 1.00. The Morgan fingerprint density at radius 1 is 1.43 bits per heavy atom. The highest BCUT2D eigenvalue weighted by Gasteiger charge is 1.77. The van der Waals surface area contributed by atoms with Gasteiger partial charge >= 0.3 is 0 Å². The molecule has 0 bridgehead atoms. The Labute approximate surface area is 42.7 Å². The lowest BCUT2D eigenvalue weighted by atomic mass is 11.2. The standard InChI is InChI=1S/C2H11N5/c1-7(2)6-5-4-3/h4-6H,3H2,1-2H3. The topological polar surface area (TPSA) is 65.3 Å². The normalized spacial score (nSPS) is 10.3. The first kappa shape index (κ1) is 6.80. The van der Waals surface area contributed by atoms with Crippen LogP contribution in [-0.4, -0.2) is 19.1 Å². The van der Waals surface area contributed by atoms with Crippen molar-refractivity contribution in [3.63, 3.8) is 0 Å². The van der Waals surface area contributed by atoms with Crippen LogP contribution >= 0.6 is 0 Å². The maximum absolute atomic E-state index is 4.83. The van der Waals surface area contributed by atoms with E-state index in [0.717, 1.165) is 0 Å². The quantitative estimate of drug-likeness (QED) is 0.245. The zero-order valence-corrected chi connectivity index (χ0v) is 4.52. The molecule has 0 aromatic rings. The van der Waals surface area contributed by atoms with E-state index in [4.69, 9.17) is 5.84 Å². The van der Waals surface area contributed by atoms with Gasteiger partial charge in [-0.15, -0.1) is 0 Å². The van der Waals surface area contributed by atoms with Crippen molar-refractivity contribution >= 4 is 0 Å². The van der Waals surface area contributed by atoms with Crippen LogP contribution in [0.5, 0.6) is 0 Å². The molecule has 5 nitrogen and oxygen atoms in total. The molecular formula is C2H11N5. The Kier molecular flexibility index (Phi) is 3.86. The third kappa shape index (κ3) is 5.80. The molecule has 0 aromatic heterocycles. The van der Waals surface area contributed by atoms with E-state index in [1.54, 1.807) is 5.01 Å². The second-order valence-electron chi connectivity index (χ2n) is 1.28. The first-order valence-electron chi connectivity index (χ1n) is 1.91. The number of nitrogens with zero attached hydrogens (tertiary/aromatic N) is 1. The summed E-state index contributed by atoms with van der Waals surface area (Å²) in [6.07, 6.45) is 0. The van der Waals surface area contributed by atoms with E-state index in [2.05, 4.69) is 16.6 Å². The Hall–Kier alpha value is -0.200.